The first-order valence-electron chi connectivity index (χ1n) is 9.43. The highest BCUT2D eigenvalue weighted by Crippen LogP contribution is 2.36. The van der Waals surface area contributed by atoms with Crippen LogP contribution in [0.2, 0.25) is 0 Å². The number of aliphatic imine (C=N–C) groups is 1. The standard InChI is InChI=1S/C22H24N4O2.HI/c1-23-21(25-14-22(27)12-11-16-7-5-6-10-18(16)22)24-13-19-20(28-15-26-19)17-8-3-2-4-9-17;/h2-10,15,27H,11-14H2,1H3,(H2,23,24,25);1H. The number of rotatable bonds is 5. The maximum atomic E-state index is 11.1. The van der Waals surface area contributed by atoms with E-state index in [2.05, 4.69) is 26.7 Å². The first-order valence-corrected chi connectivity index (χ1v) is 9.43. The Morgan fingerprint density at radius 1 is 1.14 bits per heavy atom. The van der Waals surface area contributed by atoms with Gasteiger partial charge < -0.3 is 20.2 Å². The van der Waals surface area contributed by atoms with Crippen molar-refractivity contribution >= 4 is 29.9 Å². The molecule has 0 saturated carbocycles. The molecule has 1 aliphatic carbocycles. The monoisotopic (exact) mass is 504 g/mol. The Hall–Kier alpha value is -2.39. The number of guanidine groups is 1. The van der Waals surface area contributed by atoms with E-state index in [1.54, 1.807) is 7.05 Å². The van der Waals surface area contributed by atoms with E-state index >= 15 is 0 Å². The minimum Gasteiger partial charge on any atom is -0.443 e. The number of aromatic nitrogens is 1. The third kappa shape index (κ3) is 4.62. The van der Waals surface area contributed by atoms with E-state index in [1.807, 2.05) is 48.5 Å². The van der Waals surface area contributed by atoms with Crippen molar-refractivity contribution in [1.29, 1.82) is 0 Å². The van der Waals surface area contributed by atoms with Gasteiger partial charge in [-0.3, -0.25) is 4.99 Å². The number of hydrogen-bond donors (Lipinski definition) is 3. The SMILES string of the molecule is CN=C(NCc1ncoc1-c1ccccc1)NCC1(O)CCc2ccccc21.I. The fourth-order valence-electron chi connectivity index (χ4n) is 3.69. The summed E-state index contributed by atoms with van der Waals surface area (Å²) in [6.07, 6.45) is 3.05. The zero-order valence-electron chi connectivity index (χ0n) is 16.3. The van der Waals surface area contributed by atoms with Gasteiger partial charge >= 0.3 is 0 Å². The molecule has 0 aliphatic heterocycles. The van der Waals surface area contributed by atoms with Crippen molar-refractivity contribution in [2.75, 3.05) is 13.6 Å². The maximum absolute atomic E-state index is 11.1. The normalized spacial score (nSPS) is 18.1. The number of halogens is 1. The second kappa shape index (κ2) is 9.41. The van der Waals surface area contributed by atoms with Gasteiger partial charge in [0.05, 0.1) is 13.1 Å². The van der Waals surface area contributed by atoms with Crippen LogP contribution < -0.4 is 10.6 Å². The Labute approximate surface area is 187 Å². The summed E-state index contributed by atoms with van der Waals surface area (Å²) in [6.45, 7) is 0.865. The molecule has 0 fully saturated rings. The summed E-state index contributed by atoms with van der Waals surface area (Å²) in [5, 5.41) is 17.6. The summed E-state index contributed by atoms with van der Waals surface area (Å²) in [5.74, 6) is 1.35. The summed E-state index contributed by atoms with van der Waals surface area (Å²) in [5.41, 5.74) is 3.12. The van der Waals surface area contributed by atoms with Crippen LogP contribution in [0.25, 0.3) is 11.3 Å². The van der Waals surface area contributed by atoms with Crippen LogP contribution in [0, 0.1) is 0 Å². The van der Waals surface area contributed by atoms with Gasteiger partial charge in [-0.05, 0) is 24.0 Å². The largest absolute Gasteiger partial charge is 0.443 e. The molecule has 1 aromatic heterocycles. The lowest BCUT2D eigenvalue weighted by Gasteiger charge is -2.25. The van der Waals surface area contributed by atoms with Crippen molar-refractivity contribution in [3.8, 4) is 11.3 Å². The van der Waals surface area contributed by atoms with Gasteiger partial charge in [-0.25, -0.2) is 4.98 Å². The highest BCUT2D eigenvalue weighted by atomic mass is 127. The van der Waals surface area contributed by atoms with Gasteiger partial charge in [0.1, 0.15) is 11.3 Å². The van der Waals surface area contributed by atoms with E-state index in [1.165, 1.54) is 12.0 Å². The van der Waals surface area contributed by atoms with Gasteiger partial charge in [0.2, 0.25) is 0 Å². The number of aliphatic hydroxyl groups is 1. The van der Waals surface area contributed by atoms with E-state index < -0.39 is 5.60 Å². The molecule has 1 heterocycles. The van der Waals surface area contributed by atoms with E-state index in [0.29, 0.717) is 25.5 Å². The predicted molar refractivity (Wildman–Crippen MR) is 124 cm³/mol. The number of aryl methyl sites for hydroxylation is 1. The molecule has 6 nitrogen and oxygen atoms in total. The lowest BCUT2D eigenvalue weighted by Crippen LogP contribution is -2.44. The fraction of sp³-hybridized carbons (Fsp3) is 0.273. The Bertz CT molecular complexity index is 974. The van der Waals surface area contributed by atoms with Gasteiger partial charge in [-0.15, -0.1) is 24.0 Å². The molecule has 1 atom stereocenters. The summed E-state index contributed by atoms with van der Waals surface area (Å²) < 4.78 is 5.56. The number of nitrogens with one attached hydrogen (secondary N) is 2. The van der Waals surface area contributed by atoms with E-state index in [4.69, 9.17) is 4.42 Å². The number of oxazole rings is 1. The molecule has 1 aliphatic rings. The molecule has 2 aromatic carbocycles. The molecule has 152 valence electrons. The Morgan fingerprint density at radius 3 is 2.69 bits per heavy atom. The van der Waals surface area contributed by atoms with Crippen molar-refractivity contribution in [3.05, 3.63) is 77.8 Å². The molecule has 0 bridgehead atoms. The Morgan fingerprint density at radius 2 is 1.90 bits per heavy atom. The van der Waals surface area contributed by atoms with Gasteiger partial charge in [0.25, 0.3) is 0 Å². The van der Waals surface area contributed by atoms with Crippen LogP contribution in [0.4, 0.5) is 0 Å². The first-order chi connectivity index (χ1) is 13.7. The van der Waals surface area contributed by atoms with Crippen molar-refractivity contribution in [1.82, 2.24) is 15.6 Å². The number of nitrogens with zero attached hydrogens (tertiary/aromatic N) is 2. The average Bonchev–Trinajstić information content (AvgIpc) is 3.34. The molecular weight excluding hydrogens is 479 g/mol. The molecule has 0 saturated heterocycles. The van der Waals surface area contributed by atoms with Gasteiger partial charge in [-0.2, -0.15) is 0 Å². The minimum absolute atomic E-state index is 0. The molecule has 0 radical (unpaired) electrons. The van der Waals surface area contributed by atoms with Gasteiger partial charge in [0, 0.05) is 12.6 Å². The van der Waals surface area contributed by atoms with Crippen molar-refractivity contribution in [2.45, 2.75) is 25.0 Å². The van der Waals surface area contributed by atoms with E-state index in [0.717, 1.165) is 29.0 Å². The number of hydrogen-bond acceptors (Lipinski definition) is 4. The fourth-order valence-corrected chi connectivity index (χ4v) is 3.69. The summed E-state index contributed by atoms with van der Waals surface area (Å²) >= 11 is 0. The van der Waals surface area contributed by atoms with Crippen molar-refractivity contribution in [3.63, 3.8) is 0 Å². The third-order valence-electron chi connectivity index (χ3n) is 5.20. The molecule has 0 amide bonds. The maximum Gasteiger partial charge on any atom is 0.191 e. The van der Waals surface area contributed by atoms with Crippen LogP contribution in [0.5, 0.6) is 0 Å². The highest BCUT2D eigenvalue weighted by molar-refractivity contribution is 14.0. The number of fused-ring (bicyclic) bond motifs is 1. The van der Waals surface area contributed by atoms with Crippen LogP contribution >= 0.6 is 24.0 Å². The van der Waals surface area contributed by atoms with E-state index in [-0.39, 0.29) is 24.0 Å². The molecule has 3 N–H and O–H groups in total. The number of benzene rings is 2. The molecule has 29 heavy (non-hydrogen) atoms. The molecular formula is C22H25IN4O2. The molecule has 1 unspecified atom stereocenters. The molecule has 0 spiro atoms. The lowest BCUT2D eigenvalue weighted by atomic mass is 9.96. The first kappa shape index (κ1) is 21.3. The third-order valence-corrected chi connectivity index (χ3v) is 5.20. The highest BCUT2D eigenvalue weighted by Gasteiger charge is 2.36. The average molecular weight is 504 g/mol. The molecule has 4 rings (SSSR count). The Kier molecular flexibility index (Phi) is 6.92. The van der Waals surface area contributed by atoms with Crippen molar-refractivity contribution in [2.24, 2.45) is 4.99 Å². The van der Waals surface area contributed by atoms with Crippen LogP contribution in [0.1, 0.15) is 23.2 Å². The zero-order valence-corrected chi connectivity index (χ0v) is 18.6. The summed E-state index contributed by atoms with van der Waals surface area (Å²) in [7, 11) is 1.71. The van der Waals surface area contributed by atoms with Crippen molar-refractivity contribution < 1.29 is 9.52 Å². The van der Waals surface area contributed by atoms with Crippen LogP contribution in [0.15, 0.2) is 70.4 Å². The Balaban J connectivity index is 0.00000240. The predicted octanol–water partition coefficient (Wildman–Crippen LogP) is 3.46. The topological polar surface area (TPSA) is 82.7 Å². The van der Waals surface area contributed by atoms with Crippen LogP contribution in [-0.4, -0.2) is 29.6 Å². The van der Waals surface area contributed by atoms with Crippen LogP contribution in [-0.2, 0) is 18.6 Å². The van der Waals surface area contributed by atoms with E-state index in [9.17, 15) is 5.11 Å². The second-order valence-corrected chi connectivity index (χ2v) is 6.96. The second-order valence-electron chi connectivity index (χ2n) is 6.96. The quantitative estimate of drug-likeness (QED) is 0.282. The lowest BCUT2D eigenvalue weighted by molar-refractivity contribution is 0.0432. The summed E-state index contributed by atoms with van der Waals surface area (Å²) in [6, 6.07) is 17.9. The van der Waals surface area contributed by atoms with Gasteiger partial charge in [0.15, 0.2) is 18.1 Å². The molecule has 3 aromatic rings. The van der Waals surface area contributed by atoms with Crippen LogP contribution in [0.3, 0.4) is 0 Å². The molecule has 7 heteroatoms. The van der Waals surface area contributed by atoms with Gasteiger partial charge in [-0.1, -0.05) is 54.6 Å². The smallest absolute Gasteiger partial charge is 0.191 e. The zero-order chi connectivity index (χ0) is 19.4. The summed E-state index contributed by atoms with van der Waals surface area (Å²) in [4.78, 5) is 8.58. The minimum atomic E-state index is -0.878.